The van der Waals surface area contributed by atoms with Crippen molar-refractivity contribution in [3.05, 3.63) is 50.4 Å². The Morgan fingerprint density at radius 2 is 1.71 bits per heavy atom. The van der Waals surface area contributed by atoms with E-state index in [0.29, 0.717) is 15.8 Å². The fourth-order valence-electron chi connectivity index (χ4n) is 1.73. The Morgan fingerprint density at radius 3 is 2.29 bits per heavy atom. The van der Waals surface area contributed by atoms with Gasteiger partial charge in [-0.2, -0.15) is 0 Å². The number of nitrogen functional groups attached to an aromatic ring is 1. The van der Waals surface area contributed by atoms with Crippen molar-refractivity contribution in [3.8, 4) is 0 Å². The minimum Gasteiger partial charge on any atom is -0.399 e. The SMILES string of the molecule is Cc1ccc(N)cc1NS(=O)(=O)c1c(Cl)cc(Br)cc1Cl. The number of anilines is 2. The van der Waals surface area contributed by atoms with Crippen LogP contribution in [-0.2, 0) is 10.0 Å². The van der Waals surface area contributed by atoms with Gasteiger partial charge in [-0.1, -0.05) is 45.2 Å². The van der Waals surface area contributed by atoms with Crippen LogP contribution in [0.3, 0.4) is 0 Å². The molecule has 4 nitrogen and oxygen atoms in total. The number of nitrogens with two attached hydrogens (primary N) is 1. The van der Waals surface area contributed by atoms with Gasteiger partial charge in [0, 0.05) is 10.2 Å². The van der Waals surface area contributed by atoms with E-state index in [4.69, 9.17) is 28.9 Å². The lowest BCUT2D eigenvalue weighted by Gasteiger charge is -2.13. The van der Waals surface area contributed by atoms with Crippen LogP contribution in [0.15, 0.2) is 39.7 Å². The third-order valence-corrected chi connectivity index (χ3v) is 5.48. The lowest BCUT2D eigenvalue weighted by molar-refractivity contribution is 0.601. The quantitative estimate of drug-likeness (QED) is 0.735. The van der Waals surface area contributed by atoms with E-state index in [1.54, 1.807) is 19.1 Å². The Bertz CT molecular complexity index is 787. The fraction of sp³-hybridized carbons (Fsp3) is 0.0769. The second kappa shape index (κ2) is 6.04. The molecule has 0 fully saturated rings. The first-order valence-corrected chi connectivity index (χ1v) is 8.77. The number of nitrogens with one attached hydrogen (secondary N) is 1. The summed E-state index contributed by atoms with van der Waals surface area (Å²) >= 11 is 15.2. The third kappa shape index (κ3) is 3.63. The summed E-state index contributed by atoms with van der Waals surface area (Å²) < 4.78 is 28.0. The van der Waals surface area contributed by atoms with Gasteiger partial charge in [0.15, 0.2) is 0 Å². The Morgan fingerprint density at radius 1 is 1.14 bits per heavy atom. The average molecular weight is 410 g/mol. The number of halogens is 3. The van der Waals surface area contributed by atoms with Crippen molar-refractivity contribution in [3.63, 3.8) is 0 Å². The molecule has 0 aliphatic carbocycles. The van der Waals surface area contributed by atoms with E-state index in [1.165, 1.54) is 18.2 Å². The van der Waals surface area contributed by atoms with Crippen LogP contribution in [0.5, 0.6) is 0 Å². The first kappa shape index (κ1) is 16.4. The largest absolute Gasteiger partial charge is 0.399 e. The molecule has 0 heterocycles. The van der Waals surface area contributed by atoms with Crippen LogP contribution >= 0.6 is 39.1 Å². The Labute approximate surface area is 141 Å². The molecule has 0 bridgehead atoms. The number of sulfonamides is 1. The zero-order valence-corrected chi connectivity index (χ0v) is 14.7. The number of hydrogen-bond acceptors (Lipinski definition) is 3. The highest BCUT2D eigenvalue weighted by molar-refractivity contribution is 9.10. The van der Waals surface area contributed by atoms with Crippen molar-refractivity contribution in [1.29, 1.82) is 0 Å². The maximum absolute atomic E-state index is 12.5. The molecule has 0 radical (unpaired) electrons. The summed E-state index contributed by atoms with van der Waals surface area (Å²) in [5.41, 5.74) is 7.23. The van der Waals surface area contributed by atoms with Gasteiger partial charge in [-0.25, -0.2) is 8.42 Å². The van der Waals surface area contributed by atoms with E-state index in [9.17, 15) is 8.42 Å². The first-order chi connectivity index (χ1) is 9.70. The number of benzene rings is 2. The molecular weight excluding hydrogens is 399 g/mol. The second-order valence-corrected chi connectivity index (χ2v) is 7.73. The molecule has 0 amide bonds. The topological polar surface area (TPSA) is 72.2 Å². The van der Waals surface area contributed by atoms with Crippen molar-refractivity contribution in [1.82, 2.24) is 0 Å². The van der Waals surface area contributed by atoms with Crippen molar-refractivity contribution in [2.24, 2.45) is 0 Å². The molecule has 8 heteroatoms. The van der Waals surface area contributed by atoms with E-state index in [0.717, 1.165) is 5.56 Å². The summed E-state index contributed by atoms with van der Waals surface area (Å²) in [5.74, 6) is 0. The highest BCUT2D eigenvalue weighted by Crippen LogP contribution is 2.34. The van der Waals surface area contributed by atoms with Crippen LogP contribution < -0.4 is 10.5 Å². The Balaban J connectivity index is 2.51. The van der Waals surface area contributed by atoms with Crippen LogP contribution in [0.1, 0.15) is 5.56 Å². The second-order valence-electron chi connectivity index (χ2n) is 4.38. The third-order valence-electron chi connectivity index (χ3n) is 2.74. The number of hydrogen-bond donors (Lipinski definition) is 2. The molecule has 0 atom stereocenters. The summed E-state index contributed by atoms with van der Waals surface area (Å²) in [5, 5.41) is 0.0619. The van der Waals surface area contributed by atoms with Crippen molar-refractivity contribution in [2.75, 3.05) is 10.5 Å². The summed E-state index contributed by atoms with van der Waals surface area (Å²) in [6, 6.07) is 7.88. The number of aryl methyl sites for hydroxylation is 1. The lowest BCUT2D eigenvalue weighted by atomic mass is 10.2. The Kier molecular flexibility index (Phi) is 4.72. The molecule has 0 saturated carbocycles. The van der Waals surface area contributed by atoms with Crippen LogP contribution in [0.4, 0.5) is 11.4 Å². The van der Waals surface area contributed by atoms with Gasteiger partial charge in [0.2, 0.25) is 0 Å². The van der Waals surface area contributed by atoms with E-state index in [2.05, 4.69) is 20.7 Å². The lowest BCUT2D eigenvalue weighted by Crippen LogP contribution is -2.15. The van der Waals surface area contributed by atoms with E-state index >= 15 is 0 Å². The van der Waals surface area contributed by atoms with Crippen LogP contribution in [0.2, 0.25) is 10.0 Å². The zero-order chi connectivity index (χ0) is 15.8. The monoisotopic (exact) mass is 408 g/mol. The molecule has 0 spiro atoms. The highest BCUT2D eigenvalue weighted by Gasteiger charge is 2.23. The molecule has 0 unspecified atom stereocenters. The van der Waals surface area contributed by atoms with E-state index in [-0.39, 0.29) is 14.9 Å². The normalized spacial score (nSPS) is 11.4. The smallest absolute Gasteiger partial charge is 0.264 e. The molecule has 2 aromatic carbocycles. The predicted octanol–water partition coefficient (Wildman–Crippen LogP) is 4.45. The zero-order valence-electron chi connectivity index (χ0n) is 10.8. The van der Waals surface area contributed by atoms with Gasteiger partial charge >= 0.3 is 0 Å². The Hall–Kier alpha value is -0.950. The van der Waals surface area contributed by atoms with Gasteiger partial charge in [0.25, 0.3) is 10.0 Å². The standard InChI is InChI=1S/C13H11BrCl2N2O2S/c1-7-2-3-9(17)6-12(7)18-21(19,20)13-10(15)4-8(14)5-11(13)16/h2-6,18H,17H2,1H3. The van der Waals surface area contributed by atoms with Crippen LogP contribution in [-0.4, -0.2) is 8.42 Å². The molecule has 0 aliphatic rings. The summed E-state index contributed by atoms with van der Waals surface area (Å²) in [7, 11) is -3.92. The maximum Gasteiger partial charge on any atom is 0.264 e. The molecule has 0 aromatic heterocycles. The van der Waals surface area contributed by atoms with Gasteiger partial charge in [0.1, 0.15) is 4.90 Å². The van der Waals surface area contributed by atoms with Gasteiger partial charge in [-0.05, 0) is 36.8 Å². The van der Waals surface area contributed by atoms with Crippen molar-refractivity contribution in [2.45, 2.75) is 11.8 Å². The average Bonchev–Trinajstić information content (AvgIpc) is 2.31. The summed E-state index contributed by atoms with van der Waals surface area (Å²) in [6.07, 6.45) is 0. The molecule has 0 saturated heterocycles. The fourth-order valence-corrected chi connectivity index (χ4v) is 4.79. The molecular formula is C13H11BrCl2N2O2S. The van der Waals surface area contributed by atoms with Crippen LogP contribution in [0.25, 0.3) is 0 Å². The molecule has 2 aromatic rings. The predicted molar refractivity (Wildman–Crippen MR) is 90.6 cm³/mol. The molecule has 112 valence electrons. The van der Waals surface area contributed by atoms with Gasteiger partial charge < -0.3 is 5.73 Å². The van der Waals surface area contributed by atoms with Gasteiger partial charge in [0.05, 0.1) is 15.7 Å². The van der Waals surface area contributed by atoms with Crippen molar-refractivity contribution < 1.29 is 8.42 Å². The van der Waals surface area contributed by atoms with Gasteiger partial charge in [-0.15, -0.1) is 0 Å². The van der Waals surface area contributed by atoms with Crippen LogP contribution in [0, 0.1) is 6.92 Å². The molecule has 21 heavy (non-hydrogen) atoms. The molecule has 2 rings (SSSR count). The van der Waals surface area contributed by atoms with E-state index in [1.807, 2.05) is 0 Å². The first-order valence-electron chi connectivity index (χ1n) is 5.74. The molecule has 3 N–H and O–H groups in total. The summed E-state index contributed by atoms with van der Waals surface area (Å²) in [4.78, 5) is -0.171. The van der Waals surface area contributed by atoms with Gasteiger partial charge in [-0.3, -0.25) is 4.72 Å². The maximum atomic E-state index is 12.5. The van der Waals surface area contributed by atoms with Crippen molar-refractivity contribution >= 4 is 60.5 Å². The highest BCUT2D eigenvalue weighted by atomic mass is 79.9. The minimum atomic E-state index is -3.92. The van der Waals surface area contributed by atoms with E-state index < -0.39 is 10.0 Å². The molecule has 0 aliphatic heterocycles. The minimum absolute atomic E-state index is 0.0310. The summed E-state index contributed by atoms with van der Waals surface area (Å²) in [6.45, 7) is 1.77. The number of rotatable bonds is 3.